The number of nitrogen functional groups attached to an aromatic ring is 2. The van der Waals surface area contributed by atoms with E-state index < -0.39 is 5.97 Å². The number of benzene rings is 2. The van der Waals surface area contributed by atoms with E-state index >= 15 is 0 Å². The fraction of sp³-hybridized carbons (Fsp3) is 0.0625. The zero-order chi connectivity index (χ0) is 16.4. The van der Waals surface area contributed by atoms with Crippen LogP contribution in [-0.4, -0.2) is 23.0 Å². The highest BCUT2D eigenvalue weighted by atomic mass is 16.5. The molecule has 2 aromatic carbocycles. The summed E-state index contributed by atoms with van der Waals surface area (Å²) in [5.74, 6) is 0.262. The zero-order valence-corrected chi connectivity index (χ0v) is 12.4. The molecule has 23 heavy (non-hydrogen) atoms. The van der Waals surface area contributed by atoms with E-state index in [0.717, 1.165) is 5.69 Å². The van der Waals surface area contributed by atoms with E-state index in [1.54, 1.807) is 37.4 Å². The summed E-state index contributed by atoms with van der Waals surface area (Å²) in [5, 5.41) is 3.52. The fourth-order valence-corrected chi connectivity index (χ4v) is 2.22. The Morgan fingerprint density at radius 2 is 1.91 bits per heavy atom. The molecule has 1 heterocycles. The molecular formula is C16H15N5O2. The van der Waals surface area contributed by atoms with Crippen LogP contribution in [0.3, 0.4) is 0 Å². The second-order valence-corrected chi connectivity index (χ2v) is 4.83. The van der Waals surface area contributed by atoms with E-state index in [0.29, 0.717) is 22.2 Å². The first-order valence-electron chi connectivity index (χ1n) is 6.90. The third-order valence-electron chi connectivity index (χ3n) is 3.34. The second-order valence-electron chi connectivity index (χ2n) is 4.83. The third-order valence-corrected chi connectivity index (χ3v) is 3.34. The third kappa shape index (κ3) is 2.84. The van der Waals surface area contributed by atoms with Crippen LogP contribution in [0.15, 0.2) is 42.5 Å². The highest BCUT2D eigenvalue weighted by Gasteiger charge is 2.13. The number of fused-ring (bicyclic) bond motifs is 1. The van der Waals surface area contributed by atoms with Crippen molar-refractivity contribution in [2.24, 2.45) is 0 Å². The van der Waals surface area contributed by atoms with E-state index in [1.807, 2.05) is 12.1 Å². The van der Waals surface area contributed by atoms with Crippen LogP contribution in [0.2, 0.25) is 0 Å². The molecule has 0 unspecified atom stereocenters. The topological polar surface area (TPSA) is 116 Å². The highest BCUT2D eigenvalue weighted by molar-refractivity contribution is 5.98. The van der Waals surface area contributed by atoms with Crippen LogP contribution < -0.4 is 21.5 Å². The molecule has 0 aliphatic carbocycles. The van der Waals surface area contributed by atoms with Gasteiger partial charge in [0, 0.05) is 12.4 Å². The summed E-state index contributed by atoms with van der Waals surface area (Å²) < 4.78 is 5.43. The predicted molar refractivity (Wildman–Crippen MR) is 89.3 cm³/mol. The average Bonchev–Trinajstić information content (AvgIpc) is 2.55. The van der Waals surface area contributed by atoms with Crippen molar-refractivity contribution < 1.29 is 9.53 Å². The van der Waals surface area contributed by atoms with Crippen molar-refractivity contribution in [3.63, 3.8) is 0 Å². The van der Waals surface area contributed by atoms with Crippen molar-refractivity contribution >= 4 is 34.3 Å². The summed E-state index contributed by atoms with van der Waals surface area (Å²) in [4.78, 5) is 20.3. The molecule has 0 aliphatic rings. The number of rotatable bonds is 3. The minimum atomic E-state index is -0.495. The molecule has 0 atom stereocenters. The Morgan fingerprint density at radius 3 is 2.70 bits per heavy atom. The number of nitrogens with zero attached hydrogens (tertiary/aromatic N) is 2. The molecule has 0 radical (unpaired) electrons. The van der Waals surface area contributed by atoms with Crippen LogP contribution >= 0.6 is 0 Å². The number of nitrogens with two attached hydrogens (primary N) is 2. The molecule has 7 nitrogen and oxygen atoms in total. The van der Waals surface area contributed by atoms with E-state index in [4.69, 9.17) is 16.2 Å². The first-order chi connectivity index (χ1) is 11.1. The molecule has 0 aliphatic heterocycles. The van der Waals surface area contributed by atoms with Gasteiger partial charge in [0.2, 0.25) is 5.95 Å². The Balaban J connectivity index is 1.95. The van der Waals surface area contributed by atoms with Crippen molar-refractivity contribution in [3.8, 4) is 5.75 Å². The van der Waals surface area contributed by atoms with Crippen molar-refractivity contribution in [3.05, 3.63) is 48.0 Å². The Kier molecular flexibility index (Phi) is 3.68. The van der Waals surface area contributed by atoms with Gasteiger partial charge in [0.25, 0.3) is 0 Å². The summed E-state index contributed by atoms with van der Waals surface area (Å²) in [7, 11) is 1.76. The van der Waals surface area contributed by atoms with Crippen LogP contribution in [0.25, 0.3) is 10.9 Å². The number of carbonyl (C=O) groups excluding carboxylic acids is 1. The van der Waals surface area contributed by atoms with E-state index in [1.165, 1.54) is 0 Å². The van der Waals surface area contributed by atoms with Gasteiger partial charge < -0.3 is 21.5 Å². The lowest BCUT2D eigenvalue weighted by Crippen LogP contribution is -2.10. The Morgan fingerprint density at radius 1 is 1.13 bits per heavy atom. The van der Waals surface area contributed by atoms with E-state index in [9.17, 15) is 4.79 Å². The number of aromatic nitrogens is 2. The van der Waals surface area contributed by atoms with Gasteiger partial charge in [0.15, 0.2) is 5.75 Å². The Labute approximate surface area is 132 Å². The van der Waals surface area contributed by atoms with Gasteiger partial charge >= 0.3 is 5.97 Å². The molecule has 1 aromatic heterocycles. The number of para-hydroxylation sites is 2. The normalized spacial score (nSPS) is 10.5. The molecule has 3 rings (SSSR count). The maximum Gasteiger partial charge on any atom is 0.343 e. The number of carbonyl (C=O) groups is 1. The summed E-state index contributed by atoms with van der Waals surface area (Å²) in [6.45, 7) is 0. The second kappa shape index (κ2) is 5.80. The lowest BCUT2D eigenvalue weighted by molar-refractivity contribution is 0.0736. The van der Waals surface area contributed by atoms with Gasteiger partial charge in [0.05, 0.1) is 16.8 Å². The van der Waals surface area contributed by atoms with Crippen molar-refractivity contribution in [2.75, 3.05) is 23.8 Å². The number of nitrogens with one attached hydrogen (secondary N) is 1. The number of ether oxygens (including phenoxy) is 1. The monoisotopic (exact) mass is 309 g/mol. The quantitative estimate of drug-likeness (QED) is 0.501. The number of hydrogen-bond donors (Lipinski definition) is 3. The summed E-state index contributed by atoms with van der Waals surface area (Å²) in [6, 6.07) is 12.0. The van der Waals surface area contributed by atoms with Gasteiger partial charge in [-0.3, -0.25) is 0 Å². The number of esters is 1. The lowest BCUT2D eigenvalue weighted by atomic mass is 10.1. The molecule has 0 saturated heterocycles. The fourth-order valence-electron chi connectivity index (χ4n) is 2.22. The SMILES string of the molecule is CNc1ccccc1OC(=O)c1ccc2nc(N)nc(N)c2c1. The van der Waals surface area contributed by atoms with Gasteiger partial charge in [-0.25, -0.2) is 9.78 Å². The highest BCUT2D eigenvalue weighted by Crippen LogP contribution is 2.25. The van der Waals surface area contributed by atoms with Gasteiger partial charge in [0.1, 0.15) is 5.82 Å². The minimum Gasteiger partial charge on any atom is -0.421 e. The van der Waals surface area contributed by atoms with Gasteiger partial charge in [-0.15, -0.1) is 0 Å². The number of hydrogen-bond acceptors (Lipinski definition) is 7. The van der Waals surface area contributed by atoms with Crippen LogP contribution in [0.4, 0.5) is 17.5 Å². The van der Waals surface area contributed by atoms with E-state index in [-0.39, 0.29) is 11.8 Å². The average molecular weight is 309 g/mol. The first-order valence-corrected chi connectivity index (χ1v) is 6.90. The first kappa shape index (κ1) is 14.6. The van der Waals surface area contributed by atoms with Gasteiger partial charge in [-0.05, 0) is 30.3 Å². The molecule has 3 aromatic rings. The minimum absolute atomic E-state index is 0.0910. The molecule has 5 N–H and O–H groups in total. The zero-order valence-electron chi connectivity index (χ0n) is 12.4. The van der Waals surface area contributed by atoms with Gasteiger partial charge in [-0.1, -0.05) is 12.1 Å². The molecule has 0 fully saturated rings. The van der Waals surface area contributed by atoms with Crippen LogP contribution in [0.5, 0.6) is 5.75 Å². The predicted octanol–water partition coefficient (Wildman–Crippen LogP) is 2.06. The maximum absolute atomic E-state index is 12.3. The standard InChI is InChI=1S/C16H15N5O2/c1-19-12-4-2-3-5-13(12)23-15(22)9-6-7-11-10(8-9)14(17)21-16(18)20-11/h2-8,19H,1H3,(H4,17,18,20,21). The molecule has 0 bridgehead atoms. The molecule has 0 amide bonds. The van der Waals surface area contributed by atoms with E-state index in [2.05, 4.69) is 15.3 Å². The largest absolute Gasteiger partial charge is 0.421 e. The van der Waals surface area contributed by atoms with Gasteiger partial charge in [-0.2, -0.15) is 4.98 Å². The summed E-state index contributed by atoms with van der Waals surface area (Å²) >= 11 is 0. The van der Waals surface area contributed by atoms with Crippen LogP contribution in [-0.2, 0) is 0 Å². The molecule has 0 saturated carbocycles. The molecular weight excluding hydrogens is 294 g/mol. The maximum atomic E-state index is 12.3. The number of anilines is 3. The van der Waals surface area contributed by atoms with Crippen molar-refractivity contribution in [1.82, 2.24) is 9.97 Å². The summed E-state index contributed by atoms with van der Waals surface area (Å²) in [6.07, 6.45) is 0. The summed E-state index contributed by atoms with van der Waals surface area (Å²) in [5.41, 5.74) is 13.0. The Bertz CT molecular complexity index is 895. The van der Waals surface area contributed by atoms with Crippen LogP contribution in [0.1, 0.15) is 10.4 Å². The molecule has 7 heteroatoms. The molecule has 116 valence electrons. The Hall–Kier alpha value is -3.35. The van der Waals surface area contributed by atoms with Crippen molar-refractivity contribution in [1.29, 1.82) is 0 Å². The van der Waals surface area contributed by atoms with Crippen molar-refractivity contribution in [2.45, 2.75) is 0 Å². The van der Waals surface area contributed by atoms with Crippen LogP contribution in [0, 0.1) is 0 Å². The molecule has 0 spiro atoms. The smallest absolute Gasteiger partial charge is 0.343 e. The lowest BCUT2D eigenvalue weighted by Gasteiger charge is -2.10.